The second-order valence-corrected chi connectivity index (χ2v) is 5.17. The molecule has 0 unspecified atom stereocenters. The van der Waals surface area contributed by atoms with Gasteiger partial charge in [0.15, 0.2) is 0 Å². The van der Waals surface area contributed by atoms with E-state index in [-0.39, 0.29) is 0 Å². The van der Waals surface area contributed by atoms with E-state index in [0.29, 0.717) is 31.6 Å². The Morgan fingerprint density at radius 3 is 1.53 bits per heavy atom. The Bertz CT molecular complexity index is 540. The number of benzene rings is 2. The van der Waals surface area contributed by atoms with Crippen molar-refractivity contribution in [3.63, 3.8) is 0 Å². The fourth-order valence-electron chi connectivity index (χ4n) is 1.26. The number of hydrogen-bond donors (Lipinski definition) is 0. The minimum absolute atomic E-state index is 0.382. The zero-order valence-corrected chi connectivity index (χ0v) is 12.4. The summed E-state index contributed by atoms with van der Waals surface area (Å²) in [6.45, 7) is 0. The fourth-order valence-corrected chi connectivity index (χ4v) is 1.91. The normalized spacial score (nSPS) is 10.1. The van der Waals surface area contributed by atoms with Crippen LogP contribution in [0.3, 0.4) is 0 Å². The second-order valence-electron chi connectivity index (χ2n) is 3.48. The molecule has 0 bridgehead atoms. The van der Waals surface area contributed by atoms with Crippen molar-refractivity contribution in [3.8, 4) is 11.5 Å². The summed E-state index contributed by atoms with van der Waals surface area (Å²) in [4.78, 5) is 0. The van der Waals surface area contributed by atoms with E-state index in [1.165, 1.54) is 0 Å². The first-order valence-electron chi connectivity index (χ1n) is 5.11. The molecule has 0 aliphatic carbocycles. The quantitative estimate of drug-likeness (QED) is 0.707. The maximum atomic E-state index is 5.93. The average Bonchev–Trinajstić information content (AvgIpc) is 2.38. The number of hydrogen-bond acceptors (Lipinski definition) is 2. The van der Waals surface area contributed by atoms with E-state index in [0.717, 1.165) is 7.69 Å². The molecule has 0 saturated heterocycles. The highest BCUT2D eigenvalue weighted by Crippen LogP contribution is 2.29. The topological polar surface area (TPSA) is 18.5 Å². The minimum atomic E-state index is 0.382. The molecule has 0 aliphatic rings. The SMILES string of the molecule is Clc1ccc(Cl)c(O[B]Oc2cc(Cl)ccc2Cl)c1. The van der Waals surface area contributed by atoms with E-state index in [1.54, 1.807) is 36.4 Å². The summed E-state index contributed by atoms with van der Waals surface area (Å²) in [5.74, 6) is 0.764. The van der Waals surface area contributed by atoms with E-state index >= 15 is 0 Å². The van der Waals surface area contributed by atoms with Crippen molar-refractivity contribution in [1.82, 2.24) is 0 Å². The highest BCUT2D eigenvalue weighted by molar-refractivity contribution is 6.36. The molecule has 19 heavy (non-hydrogen) atoms. The molecule has 2 aromatic rings. The zero-order chi connectivity index (χ0) is 13.8. The molecule has 2 rings (SSSR count). The van der Waals surface area contributed by atoms with Gasteiger partial charge in [0.1, 0.15) is 11.5 Å². The molecular weight excluding hydrogens is 329 g/mol. The van der Waals surface area contributed by atoms with Crippen molar-refractivity contribution in [2.75, 3.05) is 0 Å². The molecule has 0 saturated carbocycles. The molecule has 0 amide bonds. The summed E-state index contributed by atoms with van der Waals surface area (Å²) >= 11 is 23.5. The Hall–Kier alpha value is -0.735. The smallest absolute Gasteiger partial charge is 0.525 e. The highest BCUT2D eigenvalue weighted by atomic mass is 35.5. The summed E-state index contributed by atoms with van der Waals surface area (Å²) in [5.41, 5.74) is 0. The molecule has 0 atom stereocenters. The van der Waals surface area contributed by atoms with Crippen molar-refractivity contribution in [2.45, 2.75) is 0 Å². The molecule has 0 N–H and O–H groups in total. The predicted molar refractivity (Wildman–Crippen MR) is 79.9 cm³/mol. The highest BCUT2D eigenvalue weighted by Gasteiger charge is 2.09. The van der Waals surface area contributed by atoms with Crippen LogP contribution in [0.25, 0.3) is 0 Å². The third kappa shape index (κ3) is 4.12. The van der Waals surface area contributed by atoms with Gasteiger partial charge in [0.05, 0.1) is 10.0 Å². The Labute approximate surface area is 131 Å². The molecule has 0 fully saturated rings. The lowest BCUT2D eigenvalue weighted by Crippen LogP contribution is -2.11. The maximum absolute atomic E-state index is 5.93. The standard InChI is InChI=1S/C12H6BCl4O2/c14-7-1-3-9(16)11(5-7)18-13-19-12-6-8(15)2-4-10(12)17/h1-6H. The van der Waals surface area contributed by atoms with Gasteiger partial charge in [-0.3, -0.25) is 0 Å². The summed E-state index contributed by atoms with van der Waals surface area (Å²) in [6.07, 6.45) is 0. The fraction of sp³-hybridized carbons (Fsp3) is 0. The third-order valence-corrected chi connectivity index (χ3v) is 3.23. The van der Waals surface area contributed by atoms with Crippen molar-refractivity contribution >= 4 is 54.1 Å². The molecule has 2 nitrogen and oxygen atoms in total. The average molecular weight is 335 g/mol. The zero-order valence-electron chi connectivity index (χ0n) is 9.37. The van der Waals surface area contributed by atoms with Crippen molar-refractivity contribution < 1.29 is 9.31 Å². The van der Waals surface area contributed by atoms with E-state index in [9.17, 15) is 0 Å². The largest absolute Gasteiger partial charge is 0.658 e. The van der Waals surface area contributed by atoms with Crippen LogP contribution in [0.15, 0.2) is 36.4 Å². The van der Waals surface area contributed by atoms with Crippen LogP contribution >= 0.6 is 46.4 Å². The molecule has 0 aromatic heterocycles. The molecule has 7 heteroatoms. The second kappa shape index (κ2) is 6.62. The number of rotatable bonds is 4. The molecule has 97 valence electrons. The lowest BCUT2D eigenvalue weighted by molar-refractivity contribution is 0.459. The summed E-state index contributed by atoms with van der Waals surface area (Å²) in [5, 5.41) is 1.85. The Morgan fingerprint density at radius 1 is 0.684 bits per heavy atom. The first-order chi connectivity index (χ1) is 9.06. The third-order valence-electron chi connectivity index (χ3n) is 2.14. The lowest BCUT2D eigenvalue weighted by atomic mass is 10.3. The molecular formula is C12H6BCl4O2. The van der Waals surface area contributed by atoms with Crippen LogP contribution in [0.5, 0.6) is 11.5 Å². The van der Waals surface area contributed by atoms with Gasteiger partial charge < -0.3 is 9.31 Å². The van der Waals surface area contributed by atoms with Gasteiger partial charge in [0.2, 0.25) is 0 Å². The van der Waals surface area contributed by atoms with E-state index in [2.05, 4.69) is 0 Å². The summed E-state index contributed by atoms with van der Waals surface area (Å²) in [7, 11) is 1.11. The van der Waals surface area contributed by atoms with Crippen LogP contribution in [0.1, 0.15) is 0 Å². The van der Waals surface area contributed by atoms with E-state index in [1.807, 2.05) is 0 Å². The van der Waals surface area contributed by atoms with Gasteiger partial charge in [-0.2, -0.15) is 0 Å². The van der Waals surface area contributed by atoms with Crippen LogP contribution in [0.2, 0.25) is 20.1 Å². The predicted octanol–water partition coefficient (Wildman–Crippen LogP) is 5.29. The molecule has 1 radical (unpaired) electrons. The molecule has 2 aromatic carbocycles. The Kier molecular flexibility index (Phi) is 5.11. The maximum Gasteiger partial charge on any atom is 0.658 e. The van der Waals surface area contributed by atoms with Crippen LogP contribution in [-0.4, -0.2) is 7.69 Å². The Balaban J connectivity index is 2.00. The van der Waals surface area contributed by atoms with Crippen LogP contribution in [-0.2, 0) is 0 Å². The monoisotopic (exact) mass is 333 g/mol. The van der Waals surface area contributed by atoms with Gasteiger partial charge >= 0.3 is 7.69 Å². The van der Waals surface area contributed by atoms with Crippen LogP contribution in [0.4, 0.5) is 0 Å². The first kappa shape index (κ1) is 14.7. The lowest BCUT2D eigenvalue weighted by Gasteiger charge is -2.09. The van der Waals surface area contributed by atoms with E-state index in [4.69, 9.17) is 55.7 Å². The summed E-state index contributed by atoms with van der Waals surface area (Å²) in [6, 6.07) is 9.71. The van der Waals surface area contributed by atoms with Gasteiger partial charge in [-0.25, -0.2) is 0 Å². The Morgan fingerprint density at radius 2 is 1.11 bits per heavy atom. The van der Waals surface area contributed by atoms with Gasteiger partial charge in [-0.15, -0.1) is 0 Å². The van der Waals surface area contributed by atoms with Gasteiger partial charge in [0, 0.05) is 10.0 Å². The molecule has 0 spiro atoms. The number of halogens is 4. The minimum Gasteiger partial charge on any atom is -0.525 e. The van der Waals surface area contributed by atoms with Crippen molar-refractivity contribution in [2.24, 2.45) is 0 Å². The van der Waals surface area contributed by atoms with E-state index < -0.39 is 0 Å². The van der Waals surface area contributed by atoms with Crippen LogP contribution in [0, 0.1) is 0 Å². The summed E-state index contributed by atoms with van der Waals surface area (Å²) < 4.78 is 10.5. The first-order valence-corrected chi connectivity index (χ1v) is 6.62. The van der Waals surface area contributed by atoms with Gasteiger partial charge in [-0.05, 0) is 36.4 Å². The van der Waals surface area contributed by atoms with Crippen molar-refractivity contribution in [1.29, 1.82) is 0 Å². The molecule has 0 heterocycles. The molecule has 0 aliphatic heterocycles. The van der Waals surface area contributed by atoms with Crippen molar-refractivity contribution in [3.05, 3.63) is 56.5 Å². The van der Waals surface area contributed by atoms with Gasteiger partial charge in [-0.1, -0.05) is 46.4 Å². The van der Waals surface area contributed by atoms with Gasteiger partial charge in [0.25, 0.3) is 0 Å². The van der Waals surface area contributed by atoms with Crippen LogP contribution < -0.4 is 9.31 Å².